The average Bonchev–Trinajstić information content (AvgIpc) is 2.38. The van der Waals surface area contributed by atoms with Gasteiger partial charge in [0.1, 0.15) is 10.9 Å². The summed E-state index contributed by atoms with van der Waals surface area (Å²) in [4.78, 5) is 21.8. The molecule has 0 aliphatic heterocycles. The second kappa shape index (κ2) is 4.85. The number of rotatable bonds is 2. The van der Waals surface area contributed by atoms with E-state index < -0.39 is 5.56 Å². The predicted molar refractivity (Wildman–Crippen MR) is 68.3 cm³/mol. The molecule has 1 aromatic carbocycles. The molecule has 0 aliphatic rings. The monoisotopic (exact) mass is 243 g/mol. The first kappa shape index (κ1) is 11.4. The minimum Gasteiger partial charge on any atom is -0.316 e. The fourth-order valence-electron chi connectivity index (χ4n) is 1.42. The second-order valence-electron chi connectivity index (χ2n) is 3.25. The lowest BCUT2D eigenvalue weighted by Crippen LogP contribution is -2.09. The number of aromatic amines is 1. The van der Waals surface area contributed by atoms with Crippen LogP contribution in [0.15, 0.2) is 40.2 Å². The topological polar surface area (TPSA) is 50.1 Å². The lowest BCUT2D eigenvalue weighted by atomic mass is 10.2. The molecule has 0 bridgehead atoms. The summed E-state index contributed by atoms with van der Waals surface area (Å²) >= 11 is 1.30. The van der Waals surface area contributed by atoms with Crippen LogP contribution < -0.4 is 5.56 Å². The number of hydrogen-bond donors (Lipinski definition) is 1. The molecule has 0 atom stereocenters. The number of aromatic nitrogens is 2. The minimum absolute atomic E-state index is 0.0529. The summed E-state index contributed by atoms with van der Waals surface area (Å²) in [7, 11) is 0. The zero-order valence-corrected chi connectivity index (χ0v) is 9.91. The summed E-state index contributed by atoms with van der Waals surface area (Å²) in [6.45, 7) is 6.96. The van der Waals surface area contributed by atoms with Gasteiger partial charge in [-0.15, -0.1) is 11.8 Å². The van der Waals surface area contributed by atoms with Gasteiger partial charge in [-0.1, -0.05) is 30.3 Å². The highest BCUT2D eigenvalue weighted by Crippen LogP contribution is 2.24. The highest BCUT2D eigenvalue weighted by molar-refractivity contribution is 7.98. The molecule has 0 radical (unpaired) electrons. The van der Waals surface area contributed by atoms with E-state index in [1.165, 1.54) is 11.8 Å². The van der Waals surface area contributed by atoms with E-state index in [1.807, 2.05) is 30.3 Å². The molecule has 5 heteroatoms. The number of hydrogen-bond acceptors (Lipinski definition) is 3. The molecule has 4 nitrogen and oxygen atoms in total. The predicted octanol–water partition coefficient (Wildman–Crippen LogP) is 2.71. The minimum atomic E-state index is -0.391. The highest BCUT2D eigenvalue weighted by atomic mass is 32.2. The molecule has 0 aliphatic carbocycles. The maximum atomic E-state index is 11.7. The van der Waals surface area contributed by atoms with Crippen LogP contribution in [0.1, 0.15) is 0 Å². The molecule has 84 valence electrons. The summed E-state index contributed by atoms with van der Waals surface area (Å²) in [5, 5.41) is 0.461. The zero-order valence-electron chi connectivity index (χ0n) is 9.10. The third kappa shape index (κ3) is 2.22. The Morgan fingerprint density at radius 1 is 1.35 bits per heavy atom. The van der Waals surface area contributed by atoms with E-state index >= 15 is 0 Å². The first-order valence-electron chi connectivity index (χ1n) is 4.87. The van der Waals surface area contributed by atoms with Gasteiger partial charge in [0.15, 0.2) is 0 Å². The highest BCUT2D eigenvalue weighted by Gasteiger charge is 2.11. The Morgan fingerprint density at radius 2 is 2.06 bits per heavy atom. The molecule has 0 spiro atoms. The molecule has 1 aromatic heterocycles. The van der Waals surface area contributed by atoms with E-state index in [2.05, 4.69) is 14.8 Å². The molecular formula is C12H9N3OS. The third-order valence-electron chi connectivity index (χ3n) is 2.22. The van der Waals surface area contributed by atoms with Crippen LogP contribution >= 0.6 is 11.8 Å². The summed E-state index contributed by atoms with van der Waals surface area (Å²) in [5.74, 6) is 0.493. The van der Waals surface area contributed by atoms with Crippen molar-refractivity contribution in [1.29, 1.82) is 0 Å². The van der Waals surface area contributed by atoms with Crippen molar-refractivity contribution in [1.82, 2.24) is 9.97 Å². The van der Waals surface area contributed by atoms with Crippen LogP contribution in [0.2, 0.25) is 0 Å². The second-order valence-corrected chi connectivity index (χ2v) is 4.05. The van der Waals surface area contributed by atoms with Gasteiger partial charge in [-0.05, 0) is 6.26 Å². The van der Waals surface area contributed by atoms with Gasteiger partial charge in [-0.2, -0.15) is 0 Å². The van der Waals surface area contributed by atoms with Gasteiger partial charge < -0.3 is 4.98 Å². The van der Waals surface area contributed by atoms with Gasteiger partial charge in [0.2, 0.25) is 0 Å². The van der Waals surface area contributed by atoms with Crippen LogP contribution in [0.3, 0.4) is 0 Å². The number of H-pyrrole nitrogens is 1. The summed E-state index contributed by atoms with van der Waals surface area (Å²) in [6.07, 6.45) is 1.80. The van der Waals surface area contributed by atoms with E-state index in [0.717, 1.165) is 5.56 Å². The molecule has 2 aromatic rings. The SMILES string of the molecule is [C-]#[N+]c1c(SC)nc(-c2ccccc2)[nH]c1=O. The van der Waals surface area contributed by atoms with Crippen LogP contribution in [0.25, 0.3) is 16.2 Å². The Morgan fingerprint density at radius 3 is 2.65 bits per heavy atom. The lowest BCUT2D eigenvalue weighted by Gasteiger charge is -2.04. The van der Waals surface area contributed by atoms with Crippen molar-refractivity contribution in [3.63, 3.8) is 0 Å². The molecule has 0 saturated carbocycles. The maximum Gasteiger partial charge on any atom is 0.281 e. The molecule has 1 N–H and O–H groups in total. The number of benzene rings is 1. The Bertz CT molecular complexity index is 628. The Balaban J connectivity index is 2.64. The summed E-state index contributed by atoms with van der Waals surface area (Å²) < 4.78 is 0. The van der Waals surface area contributed by atoms with Gasteiger partial charge >= 0.3 is 0 Å². The van der Waals surface area contributed by atoms with Crippen molar-refractivity contribution in [2.24, 2.45) is 0 Å². The number of nitrogens with zero attached hydrogens (tertiary/aromatic N) is 2. The standard InChI is InChI=1S/C12H9N3OS/c1-13-9-11(16)14-10(15-12(9)17-2)8-6-4-3-5-7-8/h3-7H,2H3,(H,14,15,16). The molecule has 0 saturated heterocycles. The van der Waals surface area contributed by atoms with E-state index in [0.29, 0.717) is 10.9 Å². The summed E-state index contributed by atoms with van der Waals surface area (Å²) in [6, 6.07) is 9.36. The van der Waals surface area contributed by atoms with E-state index in [4.69, 9.17) is 6.57 Å². The Labute approximate surface area is 103 Å². The molecule has 17 heavy (non-hydrogen) atoms. The van der Waals surface area contributed by atoms with Gasteiger partial charge in [0.25, 0.3) is 11.2 Å². The largest absolute Gasteiger partial charge is 0.316 e. The Hall–Kier alpha value is -2.06. The van der Waals surface area contributed by atoms with Gasteiger partial charge in [-0.25, -0.2) is 9.83 Å². The fraction of sp³-hybridized carbons (Fsp3) is 0.0833. The average molecular weight is 243 g/mol. The zero-order chi connectivity index (χ0) is 12.3. The smallest absolute Gasteiger partial charge is 0.281 e. The first-order chi connectivity index (χ1) is 8.26. The molecule has 0 fully saturated rings. The Kier molecular flexibility index (Phi) is 3.26. The van der Waals surface area contributed by atoms with Crippen molar-refractivity contribution in [2.45, 2.75) is 5.03 Å². The van der Waals surface area contributed by atoms with Crippen LogP contribution in [-0.2, 0) is 0 Å². The van der Waals surface area contributed by atoms with Crippen LogP contribution in [0.4, 0.5) is 5.69 Å². The first-order valence-corrected chi connectivity index (χ1v) is 6.10. The molecule has 0 amide bonds. The van der Waals surface area contributed by atoms with Crippen LogP contribution in [0, 0.1) is 6.57 Å². The maximum absolute atomic E-state index is 11.7. The summed E-state index contributed by atoms with van der Waals surface area (Å²) in [5.41, 5.74) is 0.492. The molecule has 0 unspecified atom stereocenters. The van der Waals surface area contributed by atoms with Crippen molar-refractivity contribution in [2.75, 3.05) is 6.26 Å². The van der Waals surface area contributed by atoms with Crippen molar-refractivity contribution >= 4 is 17.4 Å². The number of thioether (sulfide) groups is 1. The van der Waals surface area contributed by atoms with Gasteiger partial charge in [0.05, 0.1) is 6.57 Å². The third-order valence-corrected chi connectivity index (χ3v) is 2.89. The van der Waals surface area contributed by atoms with Crippen molar-refractivity contribution in [3.8, 4) is 11.4 Å². The van der Waals surface area contributed by atoms with Gasteiger partial charge in [0, 0.05) is 5.56 Å². The normalized spacial score (nSPS) is 9.88. The fourth-order valence-corrected chi connectivity index (χ4v) is 1.93. The quantitative estimate of drug-likeness (QED) is 0.501. The van der Waals surface area contributed by atoms with Gasteiger partial charge in [-0.3, -0.25) is 4.79 Å². The molecule has 1 heterocycles. The number of nitrogens with one attached hydrogen (secondary N) is 1. The van der Waals surface area contributed by atoms with Crippen molar-refractivity contribution < 1.29 is 0 Å². The van der Waals surface area contributed by atoms with E-state index in [9.17, 15) is 4.79 Å². The van der Waals surface area contributed by atoms with Crippen LogP contribution in [-0.4, -0.2) is 16.2 Å². The van der Waals surface area contributed by atoms with E-state index in [-0.39, 0.29) is 5.69 Å². The molecular weight excluding hydrogens is 234 g/mol. The van der Waals surface area contributed by atoms with Crippen molar-refractivity contribution in [3.05, 3.63) is 52.1 Å². The van der Waals surface area contributed by atoms with E-state index in [1.54, 1.807) is 6.26 Å². The lowest BCUT2D eigenvalue weighted by molar-refractivity contribution is 1.04. The van der Waals surface area contributed by atoms with Crippen LogP contribution in [0.5, 0.6) is 0 Å². The molecule has 2 rings (SSSR count).